The van der Waals surface area contributed by atoms with Gasteiger partial charge in [-0.05, 0) is 42.7 Å². The van der Waals surface area contributed by atoms with E-state index >= 15 is 0 Å². The third kappa shape index (κ3) is 5.27. The van der Waals surface area contributed by atoms with Crippen LogP contribution in [-0.4, -0.2) is 35.2 Å². The van der Waals surface area contributed by atoms with Gasteiger partial charge < -0.3 is 14.5 Å². The van der Waals surface area contributed by atoms with Gasteiger partial charge in [0.15, 0.2) is 0 Å². The van der Waals surface area contributed by atoms with Crippen LogP contribution < -0.4 is 10.1 Å². The van der Waals surface area contributed by atoms with Crippen LogP contribution >= 0.6 is 23.5 Å². The molecule has 0 saturated carbocycles. The molecule has 6 nitrogen and oxygen atoms in total. The van der Waals surface area contributed by atoms with Gasteiger partial charge in [-0.1, -0.05) is 23.9 Å². The standard InChI is InChI=1S/C19H19N3O3S2/c1-24-14-9-7-13(8-10-14)18-21-22-19(25-18)27-12-11-17(23)20-15-5-3-4-6-16(15)26-2/h3-10H,11-12H2,1-2H3,(H,20,23). The molecule has 0 spiro atoms. The highest BCUT2D eigenvalue weighted by Gasteiger charge is 2.11. The van der Waals surface area contributed by atoms with E-state index in [0.717, 1.165) is 21.9 Å². The highest BCUT2D eigenvalue weighted by Crippen LogP contribution is 2.26. The summed E-state index contributed by atoms with van der Waals surface area (Å²) in [6, 6.07) is 15.1. The number of hydrogen-bond acceptors (Lipinski definition) is 7. The molecule has 0 fully saturated rings. The Morgan fingerprint density at radius 1 is 1.15 bits per heavy atom. The Balaban J connectivity index is 1.50. The first-order valence-corrected chi connectivity index (χ1v) is 10.4. The molecule has 3 aromatic rings. The summed E-state index contributed by atoms with van der Waals surface area (Å²) in [7, 11) is 1.62. The number of aromatic nitrogens is 2. The fraction of sp³-hybridized carbons (Fsp3) is 0.211. The molecule has 0 aliphatic carbocycles. The number of benzene rings is 2. The third-order valence-electron chi connectivity index (χ3n) is 3.68. The lowest BCUT2D eigenvalue weighted by atomic mass is 10.2. The van der Waals surface area contributed by atoms with E-state index in [1.165, 1.54) is 11.8 Å². The maximum atomic E-state index is 12.1. The van der Waals surface area contributed by atoms with Crippen molar-refractivity contribution in [1.82, 2.24) is 10.2 Å². The Kier molecular flexibility index (Phi) is 6.78. The molecule has 2 aromatic carbocycles. The van der Waals surface area contributed by atoms with E-state index in [4.69, 9.17) is 9.15 Å². The van der Waals surface area contributed by atoms with Gasteiger partial charge in [-0.3, -0.25) is 4.79 Å². The van der Waals surface area contributed by atoms with E-state index in [0.29, 0.717) is 23.3 Å². The fourth-order valence-electron chi connectivity index (χ4n) is 2.31. The average Bonchev–Trinajstić information content (AvgIpc) is 3.17. The molecule has 0 saturated heterocycles. The Morgan fingerprint density at radius 2 is 1.93 bits per heavy atom. The fourth-order valence-corrected chi connectivity index (χ4v) is 3.56. The van der Waals surface area contributed by atoms with Crippen LogP contribution in [0.25, 0.3) is 11.5 Å². The van der Waals surface area contributed by atoms with Crippen molar-refractivity contribution < 1.29 is 13.9 Å². The number of thioether (sulfide) groups is 2. The summed E-state index contributed by atoms with van der Waals surface area (Å²) in [4.78, 5) is 13.2. The van der Waals surface area contributed by atoms with Gasteiger partial charge in [0.05, 0.1) is 12.8 Å². The van der Waals surface area contributed by atoms with Crippen molar-refractivity contribution in [1.29, 1.82) is 0 Å². The number of methoxy groups -OCH3 is 1. The normalized spacial score (nSPS) is 10.6. The predicted octanol–water partition coefficient (Wildman–Crippen LogP) is 4.59. The first-order valence-electron chi connectivity index (χ1n) is 8.23. The zero-order chi connectivity index (χ0) is 19.1. The number of ether oxygens (including phenoxy) is 1. The lowest BCUT2D eigenvalue weighted by molar-refractivity contribution is -0.115. The van der Waals surface area contributed by atoms with E-state index in [1.807, 2.05) is 54.8 Å². The summed E-state index contributed by atoms with van der Waals surface area (Å²) in [5, 5.41) is 11.5. The van der Waals surface area contributed by atoms with Crippen molar-refractivity contribution in [3.8, 4) is 17.2 Å². The Labute approximate surface area is 166 Å². The van der Waals surface area contributed by atoms with E-state index < -0.39 is 0 Å². The Morgan fingerprint density at radius 3 is 2.67 bits per heavy atom. The number of rotatable bonds is 8. The molecule has 8 heteroatoms. The van der Waals surface area contributed by atoms with Crippen LogP contribution in [0.5, 0.6) is 5.75 Å². The van der Waals surface area contributed by atoms with Gasteiger partial charge in [-0.25, -0.2) is 0 Å². The number of carbonyl (C=O) groups is 1. The molecule has 0 aliphatic heterocycles. The van der Waals surface area contributed by atoms with E-state index in [2.05, 4.69) is 15.5 Å². The largest absolute Gasteiger partial charge is 0.497 e. The number of nitrogens with one attached hydrogen (secondary N) is 1. The summed E-state index contributed by atoms with van der Waals surface area (Å²) < 4.78 is 10.8. The number of nitrogens with zero attached hydrogens (tertiary/aromatic N) is 2. The summed E-state index contributed by atoms with van der Waals surface area (Å²) >= 11 is 2.96. The zero-order valence-corrected chi connectivity index (χ0v) is 16.6. The van der Waals surface area contributed by atoms with Crippen molar-refractivity contribution in [2.24, 2.45) is 0 Å². The molecule has 0 radical (unpaired) electrons. The summed E-state index contributed by atoms with van der Waals surface area (Å²) in [5.41, 5.74) is 1.65. The van der Waals surface area contributed by atoms with Gasteiger partial charge in [-0.2, -0.15) is 0 Å². The minimum absolute atomic E-state index is 0.0427. The van der Waals surface area contributed by atoms with Crippen LogP contribution in [0.4, 0.5) is 5.69 Å². The summed E-state index contributed by atoms with van der Waals surface area (Å²) in [6.45, 7) is 0. The molecule has 140 valence electrons. The minimum Gasteiger partial charge on any atom is -0.497 e. The number of hydrogen-bond donors (Lipinski definition) is 1. The average molecular weight is 402 g/mol. The van der Waals surface area contributed by atoms with Crippen molar-refractivity contribution in [2.75, 3.05) is 24.4 Å². The first-order chi connectivity index (χ1) is 13.2. The topological polar surface area (TPSA) is 77.2 Å². The Hall–Kier alpha value is -2.45. The minimum atomic E-state index is -0.0427. The highest BCUT2D eigenvalue weighted by molar-refractivity contribution is 7.99. The second-order valence-corrected chi connectivity index (χ2v) is 7.34. The van der Waals surface area contributed by atoms with Crippen LogP contribution in [0, 0.1) is 0 Å². The van der Waals surface area contributed by atoms with E-state index in [-0.39, 0.29) is 5.91 Å². The molecule has 1 heterocycles. The molecule has 0 aliphatic rings. The lowest BCUT2D eigenvalue weighted by Gasteiger charge is -2.08. The maximum Gasteiger partial charge on any atom is 0.276 e. The smallest absolute Gasteiger partial charge is 0.276 e. The molecule has 27 heavy (non-hydrogen) atoms. The van der Waals surface area contributed by atoms with Crippen molar-refractivity contribution in [3.05, 3.63) is 48.5 Å². The predicted molar refractivity (Wildman–Crippen MR) is 108 cm³/mol. The van der Waals surface area contributed by atoms with Crippen LogP contribution in [-0.2, 0) is 4.79 Å². The third-order valence-corrected chi connectivity index (χ3v) is 5.30. The van der Waals surface area contributed by atoms with Gasteiger partial charge in [0.1, 0.15) is 5.75 Å². The molecule has 0 unspecified atom stereocenters. The van der Waals surface area contributed by atoms with Gasteiger partial charge in [0, 0.05) is 22.6 Å². The molecule has 0 atom stereocenters. The SMILES string of the molecule is COc1ccc(-c2nnc(SCCC(=O)Nc3ccccc3SC)o2)cc1. The molecule has 3 rings (SSSR count). The van der Waals surface area contributed by atoms with E-state index in [9.17, 15) is 4.79 Å². The second-order valence-electron chi connectivity index (χ2n) is 5.45. The Bertz CT molecular complexity index is 897. The monoisotopic (exact) mass is 401 g/mol. The number of amides is 1. The van der Waals surface area contributed by atoms with Gasteiger partial charge >= 0.3 is 0 Å². The number of carbonyl (C=O) groups excluding carboxylic acids is 1. The maximum absolute atomic E-state index is 12.1. The lowest BCUT2D eigenvalue weighted by Crippen LogP contribution is -2.12. The number of anilines is 1. The van der Waals surface area contributed by atoms with Crippen LogP contribution in [0.1, 0.15) is 6.42 Å². The van der Waals surface area contributed by atoms with Crippen LogP contribution in [0.15, 0.2) is 63.1 Å². The summed E-state index contributed by atoms with van der Waals surface area (Å²) in [6.07, 6.45) is 2.34. The molecular formula is C19H19N3O3S2. The molecule has 1 aromatic heterocycles. The van der Waals surface area contributed by atoms with Gasteiger partial charge in [0.25, 0.3) is 5.22 Å². The van der Waals surface area contributed by atoms with Crippen LogP contribution in [0.3, 0.4) is 0 Å². The zero-order valence-electron chi connectivity index (χ0n) is 15.0. The summed E-state index contributed by atoms with van der Waals surface area (Å²) in [5.74, 6) is 1.72. The van der Waals surface area contributed by atoms with Crippen molar-refractivity contribution in [3.63, 3.8) is 0 Å². The van der Waals surface area contributed by atoms with Gasteiger partial charge in [-0.15, -0.1) is 22.0 Å². The molecule has 0 bridgehead atoms. The quantitative estimate of drug-likeness (QED) is 0.553. The molecule has 1 N–H and O–H groups in total. The number of para-hydroxylation sites is 1. The molecule has 1 amide bonds. The van der Waals surface area contributed by atoms with Crippen molar-refractivity contribution >= 4 is 35.1 Å². The van der Waals surface area contributed by atoms with Crippen molar-refractivity contribution in [2.45, 2.75) is 16.5 Å². The van der Waals surface area contributed by atoms with Gasteiger partial charge in [0.2, 0.25) is 11.8 Å². The second kappa shape index (κ2) is 9.48. The van der Waals surface area contributed by atoms with E-state index in [1.54, 1.807) is 18.9 Å². The first kappa shape index (κ1) is 19.3. The highest BCUT2D eigenvalue weighted by atomic mass is 32.2. The molecular weight excluding hydrogens is 382 g/mol. The van der Waals surface area contributed by atoms with Crippen LogP contribution in [0.2, 0.25) is 0 Å².